The van der Waals surface area contributed by atoms with Crippen LogP contribution in [0.1, 0.15) is 46.1 Å². The molecule has 0 radical (unpaired) electrons. The molecule has 2 rings (SSSR count). The van der Waals surface area contributed by atoms with Crippen molar-refractivity contribution in [1.82, 2.24) is 10.2 Å². The van der Waals surface area contributed by atoms with Gasteiger partial charge in [0.15, 0.2) is 0 Å². The number of carbonyl (C=O) groups is 2. The van der Waals surface area contributed by atoms with Crippen LogP contribution in [0.4, 0.5) is 10.5 Å². The number of nitrogens with zero attached hydrogens (tertiary/aromatic N) is 1. The summed E-state index contributed by atoms with van der Waals surface area (Å²) in [6.45, 7) is 11.0. The molecular formula is C20H31N3O3. The van der Waals surface area contributed by atoms with E-state index >= 15 is 0 Å². The van der Waals surface area contributed by atoms with Gasteiger partial charge in [0.05, 0.1) is 6.04 Å². The third-order valence-electron chi connectivity index (χ3n) is 4.58. The molecule has 1 saturated heterocycles. The summed E-state index contributed by atoms with van der Waals surface area (Å²) in [6.07, 6.45) is 1.24. The number of alkyl carbamates (subject to hydrolysis) is 1. The second-order valence-electron chi connectivity index (χ2n) is 7.94. The van der Waals surface area contributed by atoms with Crippen LogP contribution in [-0.2, 0) is 9.53 Å². The number of aryl methyl sites for hydroxylation is 1. The van der Waals surface area contributed by atoms with Gasteiger partial charge in [-0.05, 0) is 59.1 Å². The minimum atomic E-state index is -0.493. The molecule has 1 aliphatic heterocycles. The quantitative estimate of drug-likeness (QED) is 0.863. The molecule has 0 aromatic heterocycles. The first-order chi connectivity index (χ1) is 12.2. The van der Waals surface area contributed by atoms with Crippen molar-refractivity contribution in [2.75, 3.05) is 18.4 Å². The van der Waals surface area contributed by atoms with Crippen LogP contribution < -0.4 is 10.6 Å². The molecule has 1 aromatic rings. The maximum Gasteiger partial charge on any atom is 0.407 e. The summed E-state index contributed by atoms with van der Waals surface area (Å²) in [5.74, 6) is -0.00199. The Kier molecular flexibility index (Phi) is 6.64. The van der Waals surface area contributed by atoms with E-state index in [1.54, 1.807) is 0 Å². The van der Waals surface area contributed by atoms with Gasteiger partial charge in [-0.2, -0.15) is 0 Å². The molecule has 6 heteroatoms. The van der Waals surface area contributed by atoms with Crippen LogP contribution >= 0.6 is 0 Å². The molecule has 0 aliphatic carbocycles. The van der Waals surface area contributed by atoms with Crippen molar-refractivity contribution >= 4 is 17.7 Å². The number of anilines is 1. The molecule has 6 nitrogen and oxygen atoms in total. The maximum absolute atomic E-state index is 12.5. The lowest BCUT2D eigenvalue weighted by atomic mass is 10.0. The van der Waals surface area contributed by atoms with E-state index in [1.807, 2.05) is 58.9 Å². The summed E-state index contributed by atoms with van der Waals surface area (Å²) < 4.78 is 5.30. The van der Waals surface area contributed by atoms with Crippen LogP contribution in [0.5, 0.6) is 0 Å². The Labute approximate surface area is 156 Å². The molecule has 2 amide bonds. The molecule has 1 aliphatic rings. The lowest BCUT2D eigenvalue weighted by Crippen LogP contribution is -2.51. The van der Waals surface area contributed by atoms with E-state index in [1.165, 1.54) is 0 Å². The topological polar surface area (TPSA) is 70.7 Å². The molecule has 144 valence electrons. The number of para-hydroxylation sites is 1. The molecule has 1 atom stereocenters. The first-order valence-corrected chi connectivity index (χ1v) is 9.26. The third-order valence-corrected chi connectivity index (χ3v) is 4.58. The van der Waals surface area contributed by atoms with E-state index in [0.717, 1.165) is 37.2 Å². The van der Waals surface area contributed by atoms with Gasteiger partial charge in [-0.25, -0.2) is 4.79 Å². The van der Waals surface area contributed by atoms with E-state index in [-0.39, 0.29) is 24.1 Å². The number of piperidine rings is 1. The second kappa shape index (κ2) is 8.54. The fourth-order valence-electron chi connectivity index (χ4n) is 3.02. The number of nitrogens with one attached hydrogen (secondary N) is 2. The molecule has 1 fully saturated rings. The average molecular weight is 361 g/mol. The number of hydrogen-bond acceptors (Lipinski definition) is 4. The standard InChI is InChI=1S/C20H31N3O3/c1-14-8-6-7-9-17(14)22-18(24)15(2)23-12-10-16(11-13-23)21-19(25)26-20(3,4)5/h6-9,15-16H,10-13H2,1-5H3,(H,21,25)(H,22,24). The van der Waals surface area contributed by atoms with Crippen molar-refractivity contribution in [3.8, 4) is 0 Å². The van der Waals surface area contributed by atoms with E-state index in [0.29, 0.717) is 0 Å². The zero-order valence-electron chi connectivity index (χ0n) is 16.5. The molecule has 0 bridgehead atoms. The number of hydrogen-bond donors (Lipinski definition) is 2. The SMILES string of the molecule is Cc1ccccc1NC(=O)C(C)N1CCC(NC(=O)OC(C)(C)C)CC1. The van der Waals surface area contributed by atoms with Gasteiger partial charge >= 0.3 is 6.09 Å². The molecule has 2 N–H and O–H groups in total. The molecule has 1 aromatic carbocycles. The fourth-order valence-corrected chi connectivity index (χ4v) is 3.02. The summed E-state index contributed by atoms with van der Waals surface area (Å²) in [4.78, 5) is 26.6. The Morgan fingerprint density at radius 1 is 1.19 bits per heavy atom. The summed E-state index contributed by atoms with van der Waals surface area (Å²) in [5.41, 5.74) is 1.41. The lowest BCUT2D eigenvalue weighted by molar-refractivity contribution is -0.121. The summed E-state index contributed by atoms with van der Waals surface area (Å²) in [7, 11) is 0. The molecule has 0 spiro atoms. The van der Waals surface area contributed by atoms with Gasteiger partial charge in [-0.15, -0.1) is 0 Å². The van der Waals surface area contributed by atoms with E-state index in [2.05, 4.69) is 15.5 Å². The van der Waals surface area contributed by atoms with Crippen LogP contribution in [0.15, 0.2) is 24.3 Å². The number of ether oxygens (including phenoxy) is 1. The molecular weight excluding hydrogens is 330 g/mol. The minimum absolute atomic E-state index is 0.00199. The van der Waals surface area contributed by atoms with Gasteiger partial charge < -0.3 is 15.4 Å². The normalized spacial score (nSPS) is 17.4. The van der Waals surface area contributed by atoms with Crippen LogP contribution in [0.3, 0.4) is 0 Å². The molecule has 26 heavy (non-hydrogen) atoms. The maximum atomic E-state index is 12.5. The largest absolute Gasteiger partial charge is 0.444 e. The smallest absolute Gasteiger partial charge is 0.407 e. The highest BCUT2D eigenvalue weighted by molar-refractivity contribution is 5.95. The Morgan fingerprint density at radius 2 is 1.81 bits per heavy atom. The fraction of sp³-hybridized carbons (Fsp3) is 0.600. The zero-order valence-corrected chi connectivity index (χ0v) is 16.5. The first-order valence-electron chi connectivity index (χ1n) is 9.26. The number of likely N-dealkylation sites (tertiary alicyclic amines) is 1. The monoisotopic (exact) mass is 361 g/mol. The van der Waals surface area contributed by atoms with Crippen LogP contribution in [0.2, 0.25) is 0 Å². The van der Waals surface area contributed by atoms with Crippen molar-refractivity contribution in [2.24, 2.45) is 0 Å². The van der Waals surface area contributed by atoms with E-state index in [4.69, 9.17) is 4.74 Å². The van der Waals surface area contributed by atoms with Crippen molar-refractivity contribution in [3.63, 3.8) is 0 Å². The zero-order chi connectivity index (χ0) is 19.3. The predicted molar refractivity (Wildman–Crippen MR) is 103 cm³/mol. The average Bonchev–Trinajstić information content (AvgIpc) is 2.55. The highest BCUT2D eigenvalue weighted by Crippen LogP contribution is 2.17. The van der Waals surface area contributed by atoms with Crippen LogP contribution in [0.25, 0.3) is 0 Å². The Morgan fingerprint density at radius 3 is 2.38 bits per heavy atom. The van der Waals surface area contributed by atoms with E-state index in [9.17, 15) is 9.59 Å². The highest BCUT2D eigenvalue weighted by atomic mass is 16.6. The minimum Gasteiger partial charge on any atom is -0.444 e. The van der Waals surface area contributed by atoms with Gasteiger partial charge in [0, 0.05) is 24.8 Å². The Balaban J connectivity index is 1.80. The third kappa shape index (κ3) is 6.02. The van der Waals surface area contributed by atoms with Gasteiger partial charge in [-0.1, -0.05) is 18.2 Å². The summed E-state index contributed by atoms with van der Waals surface area (Å²) in [5, 5.41) is 5.93. The lowest BCUT2D eigenvalue weighted by Gasteiger charge is -2.35. The van der Waals surface area contributed by atoms with E-state index < -0.39 is 5.60 Å². The first kappa shape index (κ1) is 20.2. The molecule has 1 unspecified atom stereocenters. The van der Waals surface area contributed by atoms with Crippen LogP contribution in [-0.4, -0.2) is 47.7 Å². The summed E-state index contributed by atoms with van der Waals surface area (Å²) in [6, 6.07) is 7.65. The highest BCUT2D eigenvalue weighted by Gasteiger charge is 2.28. The molecule has 0 saturated carbocycles. The van der Waals surface area contributed by atoms with Gasteiger partial charge in [0.2, 0.25) is 5.91 Å². The van der Waals surface area contributed by atoms with Crippen molar-refractivity contribution in [2.45, 2.75) is 65.1 Å². The van der Waals surface area contributed by atoms with Gasteiger partial charge in [-0.3, -0.25) is 9.69 Å². The number of carbonyl (C=O) groups excluding carboxylic acids is 2. The number of rotatable bonds is 4. The number of benzene rings is 1. The van der Waals surface area contributed by atoms with Crippen molar-refractivity contribution in [3.05, 3.63) is 29.8 Å². The molecule has 1 heterocycles. The second-order valence-corrected chi connectivity index (χ2v) is 7.94. The van der Waals surface area contributed by atoms with Crippen molar-refractivity contribution < 1.29 is 14.3 Å². The summed E-state index contributed by atoms with van der Waals surface area (Å²) >= 11 is 0. The Bertz CT molecular complexity index is 631. The van der Waals surface area contributed by atoms with Gasteiger partial charge in [0.1, 0.15) is 5.60 Å². The number of amides is 2. The predicted octanol–water partition coefficient (Wildman–Crippen LogP) is 3.31. The van der Waals surface area contributed by atoms with Crippen molar-refractivity contribution in [1.29, 1.82) is 0 Å². The van der Waals surface area contributed by atoms with Crippen LogP contribution in [0, 0.1) is 6.92 Å². The Hall–Kier alpha value is -2.08. The van der Waals surface area contributed by atoms with Gasteiger partial charge in [0.25, 0.3) is 0 Å².